The first-order valence-corrected chi connectivity index (χ1v) is 12.3. The Morgan fingerprint density at radius 3 is 1.25 bits per heavy atom. The lowest BCUT2D eigenvalue weighted by Gasteiger charge is -2.26. The summed E-state index contributed by atoms with van der Waals surface area (Å²) in [5.74, 6) is 0. The van der Waals surface area contributed by atoms with Gasteiger partial charge in [-0.3, -0.25) is 9.59 Å². The minimum absolute atomic E-state index is 0.488. The van der Waals surface area contributed by atoms with E-state index in [2.05, 4.69) is 66.7 Å². The molecule has 0 amide bonds. The van der Waals surface area contributed by atoms with Gasteiger partial charge in [-0.15, -0.1) is 0 Å². The van der Waals surface area contributed by atoms with Gasteiger partial charge in [-0.1, -0.05) is 60.7 Å². The summed E-state index contributed by atoms with van der Waals surface area (Å²) in [5.41, 5.74) is 0.979. The quantitative estimate of drug-likeness (QED) is 0.148. The van der Waals surface area contributed by atoms with Crippen LogP contribution in [0.25, 0.3) is 97.0 Å². The van der Waals surface area contributed by atoms with Gasteiger partial charge in [-0.05, 0) is 109 Å². The summed E-state index contributed by atoms with van der Waals surface area (Å²) in [6.45, 7) is 0. The van der Waals surface area contributed by atoms with E-state index in [1.165, 1.54) is 64.6 Å². The van der Waals surface area contributed by atoms with Crippen LogP contribution in [0, 0.1) is 0 Å². The standard InChI is InChI=1S/C34H14O2/c35-13-23-21-10-9-17-4-7-19-11-18-6-3-15-1-2-16-5-8-20-12-22(24(23)14-36)32-31(21)27(17)29(19)33-28(18)25(15)26(16)30(20)34(32)33/h1-14H. The Labute approximate surface area is 203 Å². The van der Waals surface area contributed by atoms with Crippen molar-refractivity contribution in [1.29, 1.82) is 0 Å². The van der Waals surface area contributed by atoms with E-state index < -0.39 is 0 Å². The zero-order chi connectivity index (χ0) is 23.4. The number of benzene rings is 10. The molecule has 0 fully saturated rings. The molecule has 10 aromatic rings. The first-order valence-electron chi connectivity index (χ1n) is 12.3. The number of carbonyl (C=O) groups excluding carboxylic acids is 2. The van der Waals surface area contributed by atoms with Crippen molar-refractivity contribution >= 4 is 110 Å². The SMILES string of the molecule is O=Cc1c(C=O)c2cc3ccc4ccc5ccc6cc7ccc8ccc1c1c8c7c7c6c5c4c3c7c21. The molecule has 0 spiro atoms. The molecule has 0 N–H and O–H groups in total. The molecule has 162 valence electrons. The summed E-state index contributed by atoms with van der Waals surface area (Å²) < 4.78 is 0. The van der Waals surface area contributed by atoms with Crippen molar-refractivity contribution in [1.82, 2.24) is 0 Å². The van der Waals surface area contributed by atoms with Gasteiger partial charge in [0.15, 0.2) is 12.6 Å². The Balaban J connectivity index is 1.78. The molecular weight excluding hydrogens is 440 g/mol. The first-order chi connectivity index (χ1) is 17.8. The minimum atomic E-state index is 0.488. The zero-order valence-electron chi connectivity index (χ0n) is 18.9. The predicted octanol–water partition coefficient (Wildman–Crippen LogP) is 8.88. The van der Waals surface area contributed by atoms with Crippen molar-refractivity contribution in [2.45, 2.75) is 0 Å². The van der Waals surface area contributed by atoms with E-state index >= 15 is 0 Å². The van der Waals surface area contributed by atoms with Crippen LogP contribution < -0.4 is 0 Å². The second-order valence-electron chi connectivity index (χ2n) is 10.3. The Morgan fingerprint density at radius 1 is 0.333 bits per heavy atom. The highest BCUT2D eigenvalue weighted by Gasteiger charge is 2.28. The van der Waals surface area contributed by atoms with Crippen molar-refractivity contribution in [2.75, 3.05) is 0 Å². The molecule has 0 aliphatic carbocycles. The second kappa shape index (κ2) is 5.37. The minimum Gasteiger partial charge on any atom is -0.298 e. The summed E-state index contributed by atoms with van der Waals surface area (Å²) in [6.07, 6.45) is 1.73. The van der Waals surface area contributed by atoms with Gasteiger partial charge in [0.25, 0.3) is 0 Å². The van der Waals surface area contributed by atoms with Crippen LogP contribution in [0.2, 0.25) is 0 Å². The van der Waals surface area contributed by atoms with Gasteiger partial charge < -0.3 is 0 Å². The van der Waals surface area contributed by atoms with E-state index in [-0.39, 0.29) is 0 Å². The summed E-state index contributed by atoms with van der Waals surface area (Å²) in [6, 6.07) is 26.3. The molecule has 2 heteroatoms. The lowest BCUT2D eigenvalue weighted by atomic mass is 9.76. The van der Waals surface area contributed by atoms with Crippen LogP contribution in [0.1, 0.15) is 20.7 Å². The van der Waals surface area contributed by atoms with Gasteiger partial charge in [-0.25, -0.2) is 0 Å². The summed E-state index contributed by atoms with van der Waals surface area (Å²) in [5, 5.41) is 21.4. The van der Waals surface area contributed by atoms with E-state index in [0.29, 0.717) is 11.1 Å². The lowest BCUT2D eigenvalue weighted by Crippen LogP contribution is -2.01. The highest BCUT2D eigenvalue weighted by atomic mass is 16.1. The summed E-state index contributed by atoms with van der Waals surface area (Å²) in [4.78, 5) is 24.9. The van der Waals surface area contributed by atoms with Crippen molar-refractivity contribution in [3.05, 3.63) is 83.9 Å². The molecular formula is C34H14O2. The van der Waals surface area contributed by atoms with Gasteiger partial charge in [0.2, 0.25) is 0 Å². The lowest BCUT2D eigenvalue weighted by molar-refractivity contribution is 0.109. The van der Waals surface area contributed by atoms with Gasteiger partial charge in [0.1, 0.15) is 0 Å². The number of hydrogen-bond donors (Lipinski definition) is 0. The van der Waals surface area contributed by atoms with Gasteiger partial charge in [0.05, 0.1) is 0 Å². The number of rotatable bonds is 2. The largest absolute Gasteiger partial charge is 0.298 e. The van der Waals surface area contributed by atoms with Crippen LogP contribution >= 0.6 is 0 Å². The predicted molar refractivity (Wildman–Crippen MR) is 151 cm³/mol. The highest BCUT2D eigenvalue weighted by molar-refractivity contribution is 6.54. The normalized spacial score (nSPS) is 13.2. The van der Waals surface area contributed by atoms with Crippen LogP contribution in [0.4, 0.5) is 0 Å². The third-order valence-electron chi connectivity index (χ3n) is 8.94. The zero-order valence-corrected chi connectivity index (χ0v) is 18.9. The fraction of sp³-hybridized carbons (Fsp3) is 0. The second-order valence-corrected chi connectivity index (χ2v) is 10.3. The molecule has 10 rings (SSSR count). The molecule has 36 heavy (non-hydrogen) atoms. The maximum atomic E-state index is 12.5. The first kappa shape index (κ1) is 17.6. The molecule has 0 radical (unpaired) electrons. The molecule has 0 bridgehead atoms. The average molecular weight is 454 g/mol. The van der Waals surface area contributed by atoms with E-state index in [9.17, 15) is 9.59 Å². The maximum absolute atomic E-state index is 12.5. The molecule has 0 aliphatic rings. The van der Waals surface area contributed by atoms with E-state index in [1.807, 2.05) is 6.07 Å². The highest BCUT2D eigenvalue weighted by Crippen LogP contribution is 2.55. The fourth-order valence-electron chi connectivity index (χ4n) is 7.65. The third-order valence-corrected chi connectivity index (χ3v) is 8.94. The van der Waals surface area contributed by atoms with Crippen molar-refractivity contribution < 1.29 is 9.59 Å². The third kappa shape index (κ3) is 1.60. The number of aldehydes is 2. The van der Waals surface area contributed by atoms with E-state index in [4.69, 9.17) is 0 Å². The van der Waals surface area contributed by atoms with Crippen LogP contribution in [0.15, 0.2) is 72.8 Å². The fourth-order valence-corrected chi connectivity index (χ4v) is 7.65. The molecule has 0 aromatic heterocycles. The smallest absolute Gasteiger partial charge is 0.151 e. The summed E-state index contributed by atoms with van der Waals surface area (Å²) >= 11 is 0. The van der Waals surface area contributed by atoms with Gasteiger partial charge in [0, 0.05) is 11.1 Å². The van der Waals surface area contributed by atoms with Crippen LogP contribution in [-0.2, 0) is 0 Å². The molecule has 0 unspecified atom stereocenters. The van der Waals surface area contributed by atoms with Crippen molar-refractivity contribution in [3.63, 3.8) is 0 Å². The number of hydrogen-bond acceptors (Lipinski definition) is 2. The molecule has 0 saturated heterocycles. The van der Waals surface area contributed by atoms with E-state index in [1.54, 1.807) is 0 Å². The van der Waals surface area contributed by atoms with Gasteiger partial charge >= 0.3 is 0 Å². The average Bonchev–Trinajstić information content (AvgIpc) is 2.93. The summed E-state index contributed by atoms with van der Waals surface area (Å²) in [7, 11) is 0. The van der Waals surface area contributed by atoms with Crippen LogP contribution in [-0.4, -0.2) is 12.6 Å². The Bertz CT molecular complexity index is 2550. The topological polar surface area (TPSA) is 34.1 Å². The van der Waals surface area contributed by atoms with E-state index in [0.717, 1.165) is 44.9 Å². The molecule has 0 atom stereocenters. The molecule has 0 saturated carbocycles. The van der Waals surface area contributed by atoms with Crippen molar-refractivity contribution in [3.8, 4) is 0 Å². The van der Waals surface area contributed by atoms with Crippen LogP contribution in [0.3, 0.4) is 0 Å². The Hall–Kier alpha value is -4.82. The molecule has 2 nitrogen and oxygen atoms in total. The van der Waals surface area contributed by atoms with Gasteiger partial charge in [-0.2, -0.15) is 0 Å². The van der Waals surface area contributed by atoms with Crippen LogP contribution in [0.5, 0.6) is 0 Å². The maximum Gasteiger partial charge on any atom is 0.151 e. The molecule has 0 heterocycles. The Morgan fingerprint density at radius 2 is 0.694 bits per heavy atom. The number of carbonyl (C=O) groups is 2. The Kier molecular flexibility index (Phi) is 2.62. The molecule has 10 aromatic carbocycles. The monoisotopic (exact) mass is 454 g/mol. The van der Waals surface area contributed by atoms with Crippen molar-refractivity contribution in [2.24, 2.45) is 0 Å². The molecule has 0 aliphatic heterocycles.